The van der Waals surface area contributed by atoms with Crippen LogP contribution in [0, 0.1) is 23.2 Å². The van der Waals surface area contributed by atoms with Crippen LogP contribution in [0.3, 0.4) is 0 Å². The molecule has 2 aliphatic carbocycles. The molecule has 4 N–H and O–H groups in total. The number of aliphatic hydroxyl groups excluding tert-OH is 1. The minimum absolute atomic E-state index is 0.0647. The van der Waals surface area contributed by atoms with E-state index in [9.17, 15) is 9.90 Å². The number of hydrogen-bond acceptors (Lipinski definition) is 3. The molecule has 0 aromatic carbocycles. The molecule has 1 amide bonds. The van der Waals surface area contributed by atoms with Gasteiger partial charge in [0.1, 0.15) is 0 Å². The molecule has 0 spiro atoms. The Labute approximate surface area is 128 Å². The molecule has 0 heterocycles. The molecule has 4 heteroatoms. The van der Waals surface area contributed by atoms with Gasteiger partial charge in [-0.1, -0.05) is 20.3 Å². The molecule has 2 bridgehead atoms. The maximum absolute atomic E-state index is 12.5. The number of nitrogens with two attached hydrogens (primary N) is 1. The highest BCUT2D eigenvalue weighted by atomic mass is 16.3. The average Bonchev–Trinajstić information content (AvgIpc) is 2.34. The van der Waals surface area contributed by atoms with E-state index < -0.39 is 0 Å². The Bertz CT molecular complexity index is 354. The molecule has 0 saturated heterocycles. The molecule has 3 atom stereocenters. The highest BCUT2D eigenvalue weighted by Crippen LogP contribution is 2.41. The fourth-order valence-corrected chi connectivity index (χ4v) is 4.35. The lowest BCUT2D eigenvalue weighted by Gasteiger charge is -2.43. The quantitative estimate of drug-likeness (QED) is 0.727. The zero-order valence-electron chi connectivity index (χ0n) is 13.8. The average molecular weight is 296 g/mol. The van der Waals surface area contributed by atoms with Crippen molar-refractivity contribution in [2.75, 3.05) is 6.54 Å². The summed E-state index contributed by atoms with van der Waals surface area (Å²) in [7, 11) is 0. The molecule has 4 nitrogen and oxygen atoms in total. The van der Waals surface area contributed by atoms with Crippen molar-refractivity contribution in [1.29, 1.82) is 0 Å². The number of hydrogen-bond donors (Lipinski definition) is 3. The number of amides is 1. The van der Waals surface area contributed by atoms with Crippen molar-refractivity contribution in [2.24, 2.45) is 28.9 Å². The molecular formula is C17H32N2O2. The third-order valence-corrected chi connectivity index (χ3v) is 5.37. The van der Waals surface area contributed by atoms with Crippen LogP contribution in [0.5, 0.6) is 0 Å². The number of fused-ring (bicyclic) bond motifs is 2. The lowest BCUT2D eigenvalue weighted by atomic mass is 9.65. The molecule has 0 aliphatic heterocycles. The standard InChI is InChI=1S/C17H32N2O2/c1-11(20)9-17(2,3)10-19-16(21)14-7-12-5-4-6-13(8-14)15(12)18/h11-15,20H,4-10,18H2,1-3H3,(H,19,21). The topological polar surface area (TPSA) is 75.3 Å². The Balaban J connectivity index is 1.84. The van der Waals surface area contributed by atoms with Gasteiger partial charge in [0, 0.05) is 18.5 Å². The van der Waals surface area contributed by atoms with Crippen LogP contribution in [0.1, 0.15) is 59.3 Å². The van der Waals surface area contributed by atoms with Gasteiger partial charge in [0.25, 0.3) is 0 Å². The van der Waals surface area contributed by atoms with E-state index in [2.05, 4.69) is 19.2 Å². The Kier molecular flexibility index (Phi) is 5.31. The SMILES string of the molecule is CC(O)CC(C)(C)CNC(=O)C1CC2CCCC(C1)C2N. The Morgan fingerprint density at radius 1 is 1.33 bits per heavy atom. The molecule has 2 fully saturated rings. The van der Waals surface area contributed by atoms with Gasteiger partial charge >= 0.3 is 0 Å². The Morgan fingerprint density at radius 2 is 1.90 bits per heavy atom. The van der Waals surface area contributed by atoms with Gasteiger partial charge in [-0.25, -0.2) is 0 Å². The van der Waals surface area contributed by atoms with Crippen LogP contribution in [0.25, 0.3) is 0 Å². The molecule has 0 aromatic heterocycles. The lowest BCUT2D eigenvalue weighted by Crippen LogP contribution is -2.49. The first-order valence-electron chi connectivity index (χ1n) is 8.50. The summed E-state index contributed by atoms with van der Waals surface area (Å²) in [6.07, 6.45) is 5.95. The summed E-state index contributed by atoms with van der Waals surface area (Å²) in [6.45, 7) is 6.61. The number of carbonyl (C=O) groups excluding carboxylic acids is 1. The van der Waals surface area contributed by atoms with E-state index in [1.165, 1.54) is 19.3 Å². The van der Waals surface area contributed by atoms with E-state index in [0.29, 0.717) is 30.8 Å². The first-order chi connectivity index (χ1) is 9.78. The van der Waals surface area contributed by atoms with Crippen LogP contribution < -0.4 is 11.1 Å². The summed E-state index contributed by atoms with van der Waals surface area (Å²) >= 11 is 0. The van der Waals surface area contributed by atoms with Crippen molar-refractivity contribution in [3.8, 4) is 0 Å². The largest absolute Gasteiger partial charge is 0.393 e. The van der Waals surface area contributed by atoms with Gasteiger partial charge in [-0.15, -0.1) is 0 Å². The van der Waals surface area contributed by atoms with Gasteiger partial charge in [-0.2, -0.15) is 0 Å². The number of aliphatic hydroxyl groups is 1. The number of carbonyl (C=O) groups is 1. The normalized spacial score (nSPS) is 34.3. The lowest BCUT2D eigenvalue weighted by molar-refractivity contribution is -0.128. The van der Waals surface area contributed by atoms with Gasteiger partial charge in [0.2, 0.25) is 5.91 Å². The van der Waals surface area contributed by atoms with Gasteiger partial charge in [-0.05, 0) is 56.3 Å². The van der Waals surface area contributed by atoms with E-state index in [4.69, 9.17) is 5.73 Å². The predicted octanol–water partition coefficient (Wildman–Crippen LogP) is 2.05. The fraction of sp³-hybridized carbons (Fsp3) is 0.941. The highest BCUT2D eigenvalue weighted by Gasteiger charge is 2.40. The third kappa shape index (κ3) is 4.43. The molecule has 122 valence electrons. The minimum Gasteiger partial charge on any atom is -0.393 e. The summed E-state index contributed by atoms with van der Waals surface area (Å²) in [4.78, 5) is 12.5. The summed E-state index contributed by atoms with van der Waals surface area (Å²) in [5, 5.41) is 12.6. The Hall–Kier alpha value is -0.610. The van der Waals surface area contributed by atoms with Crippen molar-refractivity contribution in [2.45, 2.75) is 71.4 Å². The summed E-state index contributed by atoms with van der Waals surface area (Å²) in [6, 6.07) is 0.314. The monoisotopic (exact) mass is 296 g/mol. The molecule has 0 radical (unpaired) electrons. The van der Waals surface area contributed by atoms with Crippen molar-refractivity contribution < 1.29 is 9.90 Å². The van der Waals surface area contributed by atoms with Crippen LogP contribution in [0.15, 0.2) is 0 Å². The first-order valence-corrected chi connectivity index (χ1v) is 8.50. The smallest absolute Gasteiger partial charge is 0.223 e. The minimum atomic E-state index is -0.330. The second-order valence-electron chi connectivity index (χ2n) is 8.13. The van der Waals surface area contributed by atoms with Crippen LogP contribution in [-0.2, 0) is 4.79 Å². The Morgan fingerprint density at radius 3 is 2.43 bits per heavy atom. The number of rotatable bonds is 5. The third-order valence-electron chi connectivity index (χ3n) is 5.37. The van der Waals surface area contributed by atoms with E-state index >= 15 is 0 Å². The maximum atomic E-state index is 12.5. The molecule has 3 unspecified atom stereocenters. The van der Waals surface area contributed by atoms with Gasteiger partial charge in [0.15, 0.2) is 0 Å². The first kappa shape index (κ1) is 16.8. The van der Waals surface area contributed by atoms with Gasteiger partial charge < -0.3 is 16.2 Å². The van der Waals surface area contributed by atoms with Crippen LogP contribution >= 0.6 is 0 Å². The van der Waals surface area contributed by atoms with E-state index in [-0.39, 0.29) is 23.3 Å². The second-order valence-corrected chi connectivity index (χ2v) is 8.13. The molecule has 2 rings (SSSR count). The van der Waals surface area contributed by atoms with Gasteiger partial charge in [0.05, 0.1) is 6.10 Å². The van der Waals surface area contributed by atoms with Crippen LogP contribution in [0.2, 0.25) is 0 Å². The summed E-state index contributed by atoms with van der Waals surface area (Å²) in [5.41, 5.74) is 6.22. The molecular weight excluding hydrogens is 264 g/mol. The van der Waals surface area contributed by atoms with Crippen LogP contribution in [-0.4, -0.2) is 29.7 Å². The van der Waals surface area contributed by atoms with Crippen molar-refractivity contribution in [3.63, 3.8) is 0 Å². The zero-order chi connectivity index (χ0) is 15.6. The maximum Gasteiger partial charge on any atom is 0.223 e. The number of nitrogens with one attached hydrogen (secondary N) is 1. The molecule has 2 saturated carbocycles. The van der Waals surface area contributed by atoms with Crippen molar-refractivity contribution in [1.82, 2.24) is 5.32 Å². The van der Waals surface area contributed by atoms with Crippen molar-refractivity contribution >= 4 is 5.91 Å². The predicted molar refractivity (Wildman–Crippen MR) is 84.6 cm³/mol. The summed E-state index contributed by atoms with van der Waals surface area (Å²) in [5.74, 6) is 1.41. The fourth-order valence-electron chi connectivity index (χ4n) is 4.35. The molecule has 2 aliphatic rings. The highest BCUT2D eigenvalue weighted by molar-refractivity contribution is 5.78. The molecule has 21 heavy (non-hydrogen) atoms. The van der Waals surface area contributed by atoms with E-state index in [1.54, 1.807) is 6.92 Å². The van der Waals surface area contributed by atoms with Gasteiger partial charge in [-0.3, -0.25) is 4.79 Å². The second kappa shape index (κ2) is 6.66. The van der Waals surface area contributed by atoms with E-state index in [1.807, 2.05) is 0 Å². The zero-order valence-corrected chi connectivity index (χ0v) is 13.8. The van der Waals surface area contributed by atoms with E-state index in [0.717, 1.165) is 12.8 Å². The summed E-state index contributed by atoms with van der Waals surface area (Å²) < 4.78 is 0. The van der Waals surface area contributed by atoms with Crippen LogP contribution in [0.4, 0.5) is 0 Å². The van der Waals surface area contributed by atoms with Crippen molar-refractivity contribution in [3.05, 3.63) is 0 Å². The molecule has 0 aromatic rings.